The maximum atomic E-state index is 13.4. The van der Waals surface area contributed by atoms with Gasteiger partial charge in [0.1, 0.15) is 11.1 Å². The number of thioether (sulfide) groups is 1. The highest BCUT2D eigenvalue weighted by molar-refractivity contribution is 8.00. The van der Waals surface area contributed by atoms with E-state index >= 15 is 0 Å². The van der Waals surface area contributed by atoms with Crippen molar-refractivity contribution >= 4 is 23.6 Å². The first-order valence-electron chi connectivity index (χ1n) is 10.4. The molecule has 8 heteroatoms. The zero-order valence-electron chi connectivity index (χ0n) is 16.5. The van der Waals surface area contributed by atoms with Crippen molar-refractivity contribution < 1.29 is 9.59 Å². The van der Waals surface area contributed by atoms with Gasteiger partial charge in [-0.2, -0.15) is 0 Å². The van der Waals surface area contributed by atoms with Gasteiger partial charge in [0, 0.05) is 32.0 Å². The minimum absolute atomic E-state index is 0.143. The zero-order chi connectivity index (χ0) is 20.2. The average Bonchev–Trinajstić information content (AvgIpc) is 3.51. The summed E-state index contributed by atoms with van der Waals surface area (Å²) in [6.45, 7) is 1.64. The predicted molar refractivity (Wildman–Crippen MR) is 111 cm³/mol. The van der Waals surface area contributed by atoms with E-state index in [9.17, 15) is 9.59 Å². The number of likely N-dealkylation sites (tertiary alicyclic amines) is 1. The molecule has 1 aliphatic heterocycles. The number of aromatic nitrogens is 3. The first-order valence-corrected chi connectivity index (χ1v) is 11.2. The van der Waals surface area contributed by atoms with E-state index in [-0.39, 0.29) is 23.5 Å². The molecule has 1 saturated carbocycles. The molecule has 0 bridgehead atoms. The van der Waals surface area contributed by atoms with Gasteiger partial charge in [-0.15, -0.1) is 10.2 Å². The molecular formula is C21H27N5O2S. The van der Waals surface area contributed by atoms with Gasteiger partial charge in [0.05, 0.1) is 0 Å². The number of nitrogens with two attached hydrogens (primary N) is 1. The van der Waals surface area contributed by atoms with E-state index in [0.29, 0.717) is 12.5 Å². The lowest BCUT2D eigenvalue weighted by atomic mass is 10.1. The van der Waals surface area contributed by atoms with Crippen molar-refractivity contribution in [2.45, 2.75) is 61.4 Å². The first-order chi connectivity index (χ1) is 14.1. The van der Waals surface area contributed by atoms with Gasteiger partial charge in [-0.1, -0.05) is 42.1 Å². The van der Waals surface area contributed by atoms with Crippen molar-refractivity contribution in [1.29, 1.82) is 0 Å². The minimum Gasteiger partial charge on any atom is -0.370 e. The van der Waals surface area contributed by atoms with Crippen LogP contribution in [0, 0.1) is 0 Å². The van der Waals surface area contributed by atoms with Crippen LogP contribution < -0.4 is 5.73 Å². The molecule has 1 aliphatic carbocycles. The van der Waals surface area contributed by atoms with Gasteiger partial charge in [0.25, 0.3) is 0 Å². The Hall–Kier alpha value is -2.35. The monoisotopic (exact) mass is 413 g/mol. The molecule has 2 N–H and O–H groups in total. The summed E-state index contributed by atoms with van der Waals surface area (Å²) in [5.74, 6) is 0.586. The normalized spacial score (nSPS) is 17.9. The number of primary amides is 1. The van der Waals surface area contributed by atoms with Crippen LogP contribution in [0.1, 0.15) is 61.2 Å². The summed E-state index contributed by atoms with van der Waals surface area (Å²) in [5, 5.41) is 9.14. The second-order valence-electron chi connectivity index (χ2n) is 7.76. The Morgan fingerprint density at radius 3 is 2.48 bits per heavy atom. The summed E-state index contributed by atoms with van der Waals surface area (Å²) in [7, 11) is 0. The fraction of sp³-hybridized carbons (Fsp3) is 0.524. The summed E-state index contributed by atoms with van der Waals surface area (Å²) in [4.78, 5) is 26.6. The summed E-state index contributed by atoms with van der Waals surface area (Å²) < 4.78 is 2.12. The minimum atomic E-state index is -0.347. The number of piperidine rings is 1. The molecule has 2 fully saturated rings. The van der Waals surface area contributed by atoms with E-state index in [1.54, 1.807) is 0 Å². The van der Waals surface area contributed by atoms with Gasteiger partial charge in [0.15, 0.2) is 5.16 Å². The molecule has 0 radical (unpaired) electrons. The van der Waals surface area contributed by atoms with Crippen LogP contribution in [0.2, 0.25) is 0 Å². The number of nitrogens with zero attached hydrogens (tertiary/aromatic N) is 4. The summed E-state index contributed by atoms with van der Waals surface area (Å²) in [5.41, 5.74) is 6.30. The highest BCUT2D eigenvalue weighted by Gasteiger charge is 2.34. The molecule has 2 amide bonds. The number of carbonyl (C=O) groups excluding carboxylic acids is 2. The SMILES string of the molecule is NC(=O)CCc1nnc(SC(C(=O)N2CCCCC2)c2ccccc2)n1C1CC1. The third-order valence-corrected chi connectivity index (χ3v) is 6.66. The van der Waals surface area contributed by atoms with Gasteiger partial charge in [-0.3, -0.25) is 9.59 Å². The third-order valence-electron chi connectivity index (χ3n) is 5.46. The molecule has 2 aliphatic rings. The second-order valence-corrected chi connectivity index (χ2v) is 8.83. The maximum absolute atomic E-state index is 13.4. The van der Waals surface area contributed by atoms with Gasteiger partial charge in [-0.05, 0) is 37.7 Å². The van der Waals surface area contributed by atoms with Crippen molar-refractivity contribution in [2.24, 2.45) is 5.73 Å². The number of aryl methyl sites for hydroxylation is 1. The van der Waals surface area contributed by atoms with Gasteiger partial charge < -0.3 is 15.2 Å². The Morgan fingerprint density at radius 2 is 1.83 bits per heavy atom. The number of amides is 2. The van der Waals surface area contributed by atoms with E-state index < -0.39 is 0 Å². The second kappa shape index (κ2) is 8.98. The number of carbonyl (C=O) groups is 2. The third kappa shape index (κ3) is 4.80. The molecule has 7 nitrogen and oxygen atoms in total. The molecule has 1 aromatic carbocycles. The van der Waals surface area contributed by atoms with E-state index in [1.807, 2.05) is 35.2 Å². The molecule has 4 rings (SSSR count). The fourth-order valence-electron chi connectivity index (χ4n) is 3.77. The van der Waals surface area contributed by atoms with Crippen molar-refractivity contribution in [3.05, 3.63) is 41.7 Å². The summed E-state index contributed by atoms with van der Waals surface area (Å²) in [6, 6.07) is 10.3. The van der Waals surface area contributed by atoms with Crippen molar-refractivity contribution in [3.63, 3.8) is 0 Å². The Labute approximate surface area is 175 Å². The summed E-state index contributed by atoms with van der Waals surface area (Å²) >= 11 is 1.48. The molecular weight excluding hydrogens is 386 g/mol. The number of rotatable bonds is 8. The lowest BCUT2D eigenvalue weighted by molar-refractivity contribution is -0.131. The molecule has 29 heavy (non-hydrogen) atoms. The van der Waals surface area contributed by atoms with E-state index in [2.05, 4.69) is 14.8 Å². The van der Waals surface area contributed by atoms with Crippen LogP contribution in [0.4, 0.5) is 0 Å². The molecule has 1 atom stereocenters. The smallest absolute Gasteiger partial charge is 0.240 e. The number of benzene rings is 1. The van der Waals surface area contributed by atoms with E-state index in [1.165, 1.54) is 18.2 Å². The molecule has 2 heterocycles. The fourth-order valence-corrected chi connectivity index (χ4v) is 4.98. The van der Waals surface area contributed by atoms with E-state index in [0.717, 1.165) is 55.3 Å². The highest BCUT2D eigenvalue weighted by Crippen LogP contribution is 2.43. The Morgan fingerprint density at radius 1 is 1.10 bits per heavy atom. The van der Waals surface area contributed by atoms with Gasteiger partial charge in [0.2, 0.25) is 11.8 Å². The predicted octanol–water partition coefficient (Wildman–Crippen LogP) is 2.88. The van der Waals surface area contributed by atoms with Crippen LogP contribution in [0.15, 0.2) is 35.5 Å². The standard InChI is InChI=1S/C21H27N5O2S/c22-17(27)11-12-18-23-24-21(26(18)16-9-10-16)29-19(15-7-3-1-4-8-15)20(28)25-13-5-2-6-14-25/h1,3-4,7-8,16,19H,2,5-6,9-14H2,(H2,22,27). The van der Waals surface area contributed by atoms with E-state index in [4.69, 9.17) is 5.73 Å². The molecule has 1 unspecified atom stereocenters. The van der Waals surface area contributed by atoms with Crippen LogP contribution in [-0.4, -0.2) is 44.6 Å². The molecule has 2 aromatic rings. The Balaban J connectivity index is 1.60. The first kappa shape index (κ1) is 19.9. The van der Waals surface area contributed by atoms with Crippen molar-refractivity contribution in [2.75, 3.05) is 13.1 Å². The Kier molecular flexibility index (Phi) is 6.18. The lowest BCUT2D eigenvalue weighted by Gasteiger charge is -2.30. The lowest BCUT2D eigenvalue weighted by Crippen LogP contribution is -2.38. The van der Waals surface area contributed by atoms with Gasteiger partial charge >= 0.3 is 0 Å². The zero-order valence-corrected chi connectivity index (χ0v) is 17.3. The van der Waals surface area contributed by atoms with Crippen LogP contribution in [-0.2, 0) is 16.0 Å². The maximum Gasteiger partial charge on any atom is 0.240 e. The topological polar surface area (TPSA) is 94.1 Å². The van der Waals surface area contributed by atoms with Crippen LogP contribution >= 0.6 is 11.8 Å². The molecule has 1 saturated heterocycles. The Bertz CT molecular complexity index is 859. The quantitative estimate of drug-likeness (QED) is 0.672. The van der Waals surface area contributed by atoms with Gasteiger partial charge in [-0.25, -0.2) is 0 Å². The van der Waals surface area contributed by atoms with Crippen LogP contribution in [0.25, 0.3) is 0 Å². The molecule has 0 spiro atoms. The van der Waals surface area contributed by atoms with Crippen molar-refractivity contribution in [3.8, 4) is 0 Å². The number of hydrogen-bond acceptors (Lipinski definition) is 5. The highest BCUT2D eigenvalue weighted by atomic mass is 32.2. The molecule has 154 valence electrons. The summed E-state index contributed by atoms with van der Waals surface area (Å²) in [6.07, 6.45) is 6.20. The van der Waals surface area contributed by atoms with Crippen LogP contribution in [0.5, 0.6) is 0 Å². The van der Waals surface area contributed by atoms with Crippen LogP contribution in [0.3, 0.4) is 0 Å². The largest absolute Gasteiger partial charge is 0.370 e. The molecule has 1 aromatic heterocycles. The average molecular weight is 414 g/mol. The van der Waals surface area contributed by atoms with Crippen molar-refractivity contribution in [1.82, 2.24) is 19.7 Å². The number of hydrogen-bond donors (Lipinski definition) is 1.